The first-order valence-electron chi connectivity index (χ1n) is 8.50. The van der Waals surface area contributed by atoms with E-state index in [1.807, 2.05) is 18.2 Å². The van der Waals surface area contributed by atoms with Crippen molar-refractivity contribution in [3.8, 4) is 0 Å². The first kappa shape index (κ1) is 17.4. The zero-order chi connectivity index (χ0) is 17.6. The fraction of sp³-hybridized carbons (Fsp3) is 0.368. The number of hydrogen-bond acceptors (Lipinski definition) is 3. The van der Waals surface area contributed by atoms with Gasteiger partial charge in [0.25, 0.3) is 0 Å². The third-order valence-electron chi connectivity index (χ3n) is 4.55. The van der Waals surface area contributed by atoms with E-state index in [-0.39, 0.29) is 29.9 Å². The van der Waals surface area contributed by atoms with Gasteiger partial charge in [-0.15, -0.1) is 0 Å². The average Bonchev–Trinajstić information content (AvgIpc) is 2.60. The molecular formula is C19H22FN3O2. The molecule has 0 bridgehead atoms. The molecular weight excluding hydrogens is 321 g/mol. The van der Waals surface area contributed by atoms with E-state index in [0.29, 0.717) is 31.4 Å². The van der Waals surface area contributed by atoms with E-state index in [9.17, 15) is 14.3 Å². The molecule has 1 saturated carbocycles. The zero-order valence-electron chi connectivity index (χ0n) is 13.9. The van der Waals surface area contributed by atoms with Crippen LogP contribution in [0.2, 0.25) is 0 Å². The lowest BCUT2D eigenvalue weighted by Crippen LogP contribution is -2.45. The van der Waals surface area contributed by atoms with Crippen LogP contribution < -0.4 is 10.6 Å². The lowest BCUT2D eigenvalue weighted by Gasteiger charge is -2.37. The van der Waals surface area contributed by atoms with Crippen molar-refractivity contribution in [2.24, 2.45) is 5.92 Å². The predicted octanol–water partition coefficient (Wildman–Crippen LogP) is 2.57. The first-order valence-corrected chi connectivity index (χ1v) is 8.50. The van der Waals surface area contributed by atoms with E-state index in [4.69, 9.17) is 0 Å². The molecule has 1 fully saturated rings. The molecule has 0 saturated heterocycles. The Kier molecular flexibility index (Phi) is 5.60. The minimum atomic E-state index is -0.312. The summed E-state index contributed by atoms with van der Waals surface area (Å²) in [5, 5.41) is 15.3. The highest BCUT2D eigenvalue weighted by Crippen LogP contribution is 2.37. The molecule has 1 aliphatic carbocycles. The summed E-state index contributed by atoms with van der Waals surface area (Å²) in [5.74, 6) is -0.0956. The SMILES string of the molecule is O=C(NCCc1ccccc1F)N[C@@H](c1ccccn1)C1CC(O)C1. The van der Waals surface area contributed by atoms with Crippen molar-refractivity contribution in [1.82, 2.24) is 15.6 Å². The summed E-state index contributed by atoms with van der Waals surface area (Å²) >= 11 is 0. The van der Waals surface area contributed by atoms with Gasteiger partial charge in [-0.05, 0) is 48.9 Å². The van der Waals surface area contributed by atoms with Gasteiger partial charge < -0.3 is 15.7 Å². The molecule has 0 spiro atoms. The topological polar surface area (TPSA) is 74.2 Å². The predicted molar refractivity (Wildman–Crippen MR) is 92.3 cm³/mol. The number of carbonyl (C=O) groups excluding carboxylic acids is 1. The number of nitrogens with one attached hydrogen (secondary N) is 2. The monoisotopic (exact) mass is 343 g/mol. The Labute approximate surface area is 146 Å². The number of rotatable bonds is 6. The Bertz CT molecular complexity index is 705. The molecule has 1 aromatic carbocycles. The van der Waals surface area contributed by atoms with Crippen molar-refractivity contribution in [3.63, 3.8) is 0 Å². The minimum Gasteiger partial charge on any atom is -0.393 e. The summed E-state index contributed by atoms with van der Waals surface area (Å²) in [6.45, 7) is 0.342. The highest BCUT2D eigenvalue weighted by atomic mass is 19.1. The number of carbonyl (C=O) groups is 1. The molecule has 6 heteroatoms. The Morgan fingerprint density at radius 1 is 1.24 bits per heavy atom. The van der Waals surface area contributed by atoms with Gasteiger partial charge in [-0.1, -0.05) is 24.3 Å². The quantitative estimate of drug-likeness (QED) is 0.755. The summed E-state index contributed by atoms with van der Waals surface area (Å²) in [7, 11) is 0. The van der Waals surface area contributed by atoms with Crippen LogP contribution in [0.1, 0.15) is 30.1 Å². The van der Waals surface area contributed by atoms with Gasteiger partial charge in [0.05, 0.1) is 17.8 Å². The molecule has 1 heterocycles. The number of aromatic nitrogens is 1. The van der Waals surface area contributed by atoms with Crippen molar-refractivity contribution in [3.05, 3.63) is 65.7 Å². The Balaban J connectivity index is 1.54. The zero-order valence-corrected chi connectivity index (χ0v) is 13.9. The van der Waals surface area contributed by atoms with E-state index in [2.05, 4.69) is 15.6 Å². The first-order chi connectivity index (χ1) is 12.1. The summed E-state index contributed by atoms with van der Waals surface area (Å²) in [6.07, 6.45) is 3.11. The largest absolute Gasteiger partial charge is 0.393 e. The van der Waals surface area contributed by atoms with Crippen LogP contribution in [0.25, 0.3) is 0 Å². The van der Waals surface area contributed by atoms with Crippen LogP contribution in [0.5, 0.6) is 0 Å². The third kappa shape index (κ3) is 4.54. The number of halogens is 1. The summed E-state index contributed by atoms with van der Waals surface area (Å²) < 4.78 is 13.6. The second kappa shape index (κ2) is 8.07. The highest BCUT2D eigenvalue weighted by Gasteiger charge is 2.36. The Morgan fingerprint density at radius 2 is 2.00 bits per heavy atom. The molecule has 2 aromatic rings. The van der Waals surface area contributed by atoms with E-state index in [0.717, 1.165) is 5.69 Å². The van der Waals surface area contributed by atoms with Gasteiger partial charge >= 0.3 is 6.03 Å². The third-order valence-corrected chi connectivity index (χ3v) is 4.55. The standard InChI is InChI=1S/C19H22FN3O2/c20-16-6-2-1-5-13(16)8-10-22-19(25)23-18(14-11-15(24)12-14)17-7-3-4-9-21-17/h1-7,9,14-15,18,24H,8,10-12H2,(H2,22,23,25)/t14?,15?,18-/m1/s1. The van der Waals surface area contributed by atoms with Crippen LogP contribution in [0.3, 0.4) is 0 Å². The number of nitrogens with zero attached hydrogens (tertiary/aromatic N) is 1. The molecule has 3 N–H and O–H groups in total. The molecule has 0 aliphatic heterocycles. The van der Waals surface area contributed by atoms with Crippen LogP contribution in [-0.2, 0) is 6.42 Å². The van der Waals surface area contributed by atoms with Crippen LogP contribution in [-0.4, -0.2) is 28.8 Å². The van der Waals surface area contributed by atoms with Gasteiger partial charge in [-0.3, -0.25) is 4.98 Å². The van der Waals surface area contributed by atoms with E-state index in [1.54, 1.807) is 24.4 Å². The number of aliphatic hydroxyl groups is 1. The summed E-state index contributed by atoms with van der Waals surface area (Å²) in [6, 6.07) is 11.6. The molecule has 0 radical (unpaired) electrons. The van der Waals surface area contributed by atoms with Crippen LogP contribution >= 0.6 is 0 Å². The highest BCUT2D eigenvalue weighted by molar-refractivity contribution is 5.74. The van der Waals surface area contributed by atoms with Crippen molar-refractivity contribution in [1.29, 1.82) is 0 Å². The molecule has 2 amide bonds. The number of urea groups is 1. The van der Waals surface area contributed by atoms with Gasteiger partial charge in [0.15, 0.2) is 0 Å². The molecule has 25 heavy (non-hydrogen) atoms. The van der Waals surface area contributed by atoms with Crippen molar-refractivity contribution in [2.75, 3.05) is 6.54 Å². The maximum Gasteiger partial charge on any atom is 0.315 e. The van der Waals surface area contributed by atoms with Crippen LogP contribution in [0.15, 0.2) is 48.7 Å². The Hall–Kier alpha value is -2.47. The molecule has 3 rings (SSSR count). The van der Waals surface area contributed by atoms with Crippen LogP contribution in [0.4, 0.5) is 9.18 Å². The summed E-state index contributed by atoms with van der Waals surface area (Å²) in [4.78, 5) is 16.5. The number of hydrogen-bond donors (Lipinski definition) is 3. The number of aliphatic hydroxyl groups excluding tert-OH is 1. The van der Waals surface area contributed by atoms with Gasteiger partial charge in [0.1, 0.15) is 5.82 Å². The number of pyridine rings is 1. The number of amides is 2. The van der Waals surface area contributed by atoms with Crippen molar-refractivity contribution >= 4 is 6.03 Å². The molecule has 1 atom stereocenters. The maximum atomic E-state index is 13.6. The smallest absolute Gasteiger partial charge is 0.315 e. The van der Waals surface area contributed by atoms with E-state index in [1.165, 1.54) is 6.07 Å². The second-order valence-corrected chi connectivity index (χ2v) is 6.36. The molecule has 1 aromatic heterocycles. The minimum absolute atomic E-state index is 0.169. The molecule has 1 aliphatic rings. The Morgan fingerprint density at radius 3 is 2.68 bits per heavy atom. The van der Waals surface area contributed by atoms with E-state index < -0.39 is 0 Å². The normalized spacial score (nSPS) is 20.4. The fourth-order valence-electron chi connectivity index (χ4n) is 3.10. The fourth-order valence-corrected chi connectivity index (χ4v) is 3.10. The molecule has 5 nitrogen and oxygen atoms in total. The second-order valence-electron chi connectivity index (χ2n) is 6.36. The van der Waals surface area contributed by atoms with Gasteiger partial charge in [0.2, 0.25) is 0 Å². The van der Waals surface area contributed by atoms with Gasteiger partial charge in [0, 0.05) is 12.7 Å². The van der Waals surface area contributed by atoms with Crippen LogP contribution in [0, 0.1) is 11.7 Å². The van der Waals surface area contributed by atoms with Gasteiger partial charge in [-0.2, -0.15) is 0 Å². The lowest BCUT2D eigenvalue weighted by atomic mass is 9.76. The molecule has 0 unspecified atom stereocenters. The molecule has 132 valence electrons. The van der Waals surface area contributed by atoms with Gasteiger partial charge in [-0.25, -0.2) is 9.18 Å². The maximum absolute atomic E-state index is 13.6. The lowest BCUT2D eigenvalue weighted by molar-refractivity contribution is 0.0252. The van der Waals surface area contributed by atoms with E-state index >= 15 is 0 Å². The number of benzene rings is 1. The van der Waals surface area contributed by atoms with Crippen molar-refractivity contribution in [2.45, 2.75) is 31.4 Å². The summed E-state index contributed by atoms with van der Waals surface area (Å²) in [5.41, 5.74) is 1.36. The van der Waals surface area contributed by atoms with Crippen molar-refractivity contribution < 1.29 is 14.3 Å². The average molecular weight is 343 g/mol.